The van der Waals surface area contributed by atoms with Crippen LogP contribution in [0.2, 0.25) is 0 Å². The minimum atomic E-state index is -0.493. The summed E-state index contributed by atoms with van der Waals surface area (Å²) in [6.45, 7) is 1.78. The topological polar surface area (TPSA) is 107 Å². The van der Waals surface area contributed by atoms with Crippen molar-refractivity contribution in [2.45, 2.75) is 6.92 Å². The summed E-state index contributed by atoms with van der Waals surface area (Å²) in [5, 5.41) is 13.9. The lowest BCUT2D eigenvalue weighted by atomic mass is 10.1. The Bertz CT molecular complexity index is 641. The second-order valence-electron chi connectivity index (χ2n) is 4.23. The van der Waals surface area contributed by atoms with Crippen molar-refractivity contribution in [3.63, 3.8) is 0 Å². The largest absolute Gasteiger partial charge is 0.399 e. The third-order valence-electron chi connectivity index (χ3n) is 2.74. The van der Waals surface area contributed by atoms with Crippen LogP contribution in [0.3, 0.4) is 0 Å². The van der Waals surface area contributed by atoms with Crippen LogP contribution in [-0.4, -0.2) is 4.92 Å². The van der Waals surface area contributed by atoms with Gasteiger partial charge in [0.2, 0.25) is 0 Å². The fraction of sp³-hybridized carbons (Fsp3) is 0.0769. The molecule has 6 nitrogen and oxygen atoms in total. The van der Waals surface area contributed by atoms with Crippen molar-refractivity contribution >= 4 is 28.4 Å². The average molecular weight is 258 g/mol. The number of nitrogens with two attached hydrogens (primary N) is 2. The summed E-state index contributed by atoms with van der Waals surface area (Å²) >= 11 is 0. The van der Waals surface area contributed by atoms with Gasteiger partial charge in [-0.1, -0.05) is 6.07 Å². The van der Waals surface area contributed by atoms with Crippen LogP contribution in [0.15, 0.2) is 36.4 Å². The number of nitrogens with zero attached hydrogens (tertiary/aromatic N) is 1. The van der Waals surface area contributed by atoms with Crippen LogP contribution in [0.4, 0.5) is 28.4 Å². The van der Waals surface area contributed by atoms with E-state index in [2.05, 4.69) is 5.32 Å². The van der Waals surface area contributed by atoms with Crippen LogP contribution in [0, 0.1) is 17.0 Å². The first kappa shape index (κ1) is 12.7. The molecule has 19 heavy (non-hydrogen) atoms. The summed E-state index contributed by atoms with van der Waals surface area (Å²) in [6, 6.07) is 10.2. The van der Waals surface area contributed by atoms with Crippen LogP contribution in [0.1, 0.15) is 5.56 Å². The molecule has 0 atom stereocenters. The van der Waals surface area contributed by atoms with Gasteiger partial charge < -0.3 is 16.8 Å². The normalized spacial score (nSPS) is 10.2. The highest BCUT2D eigenvalue weighted by molar-refractivity contribution is 5.74. The van der Waals surface area contributed by atoms with Crippen LogP contribution >= 0.6 is 0 Å². The quantitative estimate of drug-likeness (QED) is 0.445. The number of hydrogen-bond donors (Lipinski definition) is 3. The molecule has 0 aliphatic rings. The van der Waals surface area contributed by atoms with Gasteiger partial charge in [0.15, 0.2) is 0 Å². The van der Waals surface area contributed by atoms with E-state index in [1.54, 1.807) is 25.1 Å². The molecular formula is C13H14N4O2. The molecule has 0 saturated carbocycles. The second-order valence-corrected chi connectivity index (χ2v) is 4.23. The zero-order chi connectivity index (χ0) is 14.0. The Morgan fingerprint density at radius 2 is 1.95 bits per heavy atom. The minimum absolute atomic E-state index is 0.0874. The van der Waals surface area contributed by atoms with Gasteiger partial charge in [-0.15, -0.1) is 0 Å². The van der Waals surface area contributed by atoms with Gasteiger partial charge in [-0.3, -0.25) is 10.1 Å². The summed E-state index contributed by atoms with van der Waals surface area (Å²) in [6.07, 6.45) is 0. The Morgan fingerprint density at radius 3 is 2.58 bits per heavy atom. The predicted octanol–water partition coefficient (Wildman–Crippen LogP) is 2.81. The van der Waals surface area contributed by atoms with Gasteiger partial charge in [-0.2, -0.15) is 0 Å². The van der Waals surface area contributed by atoms with Gasteiger partial charge in [0.05, 0.1) is 4.92 Å². The van der Waals surface area contributed by atoms with Crippen molar-refractivity contribution in [1.29, 1.82) is 0 Å². The van der Waals surface area contributed by atoms with E-state index in [1.807, 2.05) is 12.1 Å². The van der Waals surface area contributed by atoms with E-state index in [0.717, 1.165) is 11.3 Å². The maximum absolute atomic E-state index is 10.8. The zero-order valence-corrected chi connectivity index (χ0v) is 10.4. The van der Waals surface area contributed by atoms with Crippen molar-refractivity contribution in [1.82, 2.24) is 0 Å². The molecule has 0 spiro atoms. The maximum Gasteiger partial charge on any atom is 0.292 e. The number of rotatable bonds is 3. The Labute approximate surface area is 110 Å². The highest BCUT2D eigenvalue weighted by Gasteiger charge is 2.14. The molecule has 0 aliphatic heterocycles. The Hall–Kier alpha value is -2.76. The summed E-state index contributed by atoms with van der Waals surface area (Å²) in [7, 11) is 0. The van der Waals surface area contributed by atoms with E-state index in [-0.39, 0.29) is 11.4 Å². The average Bonchev–Trinajstić information content (AvgIpc) is 2.33. The molecule has 0 bridgehead atoms. The molecule has 0 aliphatic carbocycles. The SMILES string of the molecule is Cc1cc([N+](=O)[O-])c(N)cc1Nc1cccc(N)c1. The van der Waals surface area contributed by atoms with E-state index in [4.69, 9.17) is 11.5 Å². The molecule has 0 heterocycles. The monoisotopic (exact) mass is 258 g/mol. The van der Waals surface area contributed by atoms with Crippen LogP contribution in [-0.2, 0) is 0 Å². The third kappa shape index (κ3) is 2.74. The molecule has 0 saturated heterocycles. The zero-order valence-electron chi connectivity index (χ0n) is 10.4. The number of aryl methyl sites for hydroxylation is 1. The Balaban J connectivity index is 2.36. The van der Waals surface area contributed by atoms with E-state index in [0.29, 0.717) is 11.4 Å². The molecule has 6 heteroatoms. The van der Waals surface area contributed by atoms with Gasteiger partial charge in [0, 0.05) is 23.1 Å². The fourth-order valence-corrected chi connectivity index (χ4v) is 1.77. The van der Waals surface area contributed by atoms with E-state index in [9.17, 15) is 10.1 Å². The molecule has 98 valence electrons. The lowest BCUT2D eigenvalue weighted by molar-refractivity contribution is -0.383. The van der Waals surface area contributed by atoms with E-state index < -0.39 is 4.92 Å². The van der Waals surface area contributed by atoms with Crippen LogP contribution < -0.4 is 16.8 Å². The number of nitro groups is 1. The standard InChI is InChI=1S/C13H14N4O2/c1-8-5-13(17(18)19)11(15)7-12(8)16-10-4-2-3-9(14)6-10/h2-7,16H,14-15H2,1H3. The van der Waals surface area contributed by atoms with E-state index >= 15 is 0 Å². The molecular weight excluding hydrogens is 244 g/mol. The molecule has 0 unspecified atom stereocenters. The van der Waals surface area contributed by atoms with Crippen molar-refractivity contribution in [2.24, 2.45) is 0 Å². The summed E-state index contributed by atoms with van der Waals surface area (Å²) in [5.41, 5.74) is 14.3. The number of nitro benzene ring substituents is 1. The van der Waals surface area contributed by atoms with Crippen molar-refractivity contribution in [2.75, 3.05) is 16.8 Å². The number of anilines is 4. The first-order chi connectivity index (χ1) is 8.97. The third-order valence-corrected chi connectivity index (χ3v) is 2.74. The Morgan fingerprint density at radius 1 is 1.21 bits per heavy atom. The molecule has 0 aromatic heterocycles. The highest BCUT2D eigenvalue weighted by Crippen LogP contribution is 2.30. The van der Waals surface area contributed by atoms with Crippen molar-refractivity contribution in [3.8, 4) is 0 Å². The van der Waals surface area contributed by atoms with Crippen molar-refractivity contribution in [3.05, 3.63) is 52.1 Å². The fourth-order valence-electron chi connectivity index (χ4n) is 1.77. The number of benzene rings is 2. The molecule has 0 radical (unpaired) electrons. The van der Waals surface area contributed by atoms with Gasteiger partial charge >= 0.3 is 0 Å². The lowest BCUT2D eigenvalue weighted by Crippen LogP contribution is -2.00. The van der Waals surface area contributed by atoms with Gasteiger partial charge in [0.1, 0.15) is 5.69 Å². The predicted molar refractivity (Wildman–Crippen MR) is 76.4 cm³/mol. The number of hydrogen-bond acceptors (Lipinski definition) is 5. The first-order valence-electron chi connectivity index (χ1n) is 5.64. The van der Waals surface area contributed by atoms with Gasteiger partial charge in [0.25, 0.3) is 5.69 Å². The summed E-state index contributed by atoms with van der Waals surface area (Å²) < 4.78 is 0. The molecule has 2 rings (SSSR count). The maximum atomic E-state index is 10.8. The summed E-state index contributed by atoms with van der Waals surface area (Å²) in [5.74, 6) is 0. The molecule has 2 aromatic carbocycles. The molecule has 2 aromatic rings. The lowest BCUT2D eigenvalue weighted by Gasteiger charge is -2.11. The number of nitrogen functional groups attached to an aromatic ring is 2. The smallest absolute Gasteiger partial charge is 0.292 e. The van der Waals surface area contributed by atoms with Crippen LogP contribution in [0.25, 0.3) is 0 Å². The van der Waals surface area contributed by atoms with Crippen LogP contribution in [0.5, 0.6) is 0 Å². The summed E-state index contributed by atoms with van der Waals surface area (Å²) in [4.78, 5) is 10.3. The van der Waals surface area contributed by atoms with Gasteiger partial charge in [-0.05, 0) is 36.8 Å². The highest BCUT2D eigenvalue weighted by atomic mass is 16.6. The molecule has 0 fully saturated rings. The number of nitrogens with one attached hydrogen (secondary N) is 1. The second kappa shape index (κ2) is 4.85. The Kier molecular flexibility index (Phi) is 3.24. The first-order valence-corrected chi connectivity index (χ1v) is 5.64. The molecule has 0 amide bonds. The van der Waals surface area contributed by atoms with Crippen molar-refractivity contribution < 1.29 is 4.92 Å². The minimum Gasteiger partial charge on any atom is -0.399 e. The van der Waals surface area contributed by atoms with E-state index in [1.165, 1.54) is 6.07 Å². The molecule has 5 N–H and O–H groups in total. The van der Waals surface area contributed by atoms with Gasteiger partial charge in [-0.25, -0.2) is 0 Å².